The maximum Gasteiger partial charge on any atom is 0.328 e. The molecular formula is C34H38N8O3S. The van der Waals surface area contributed by atoms with Crippen LogP contribution >= 0.6 is 11.8 Å². The fourth-order valence-electron chi connectivity index (χ4n) is 5.52. The number of unbranched alkanes of at least 4 members (excludes halogenated alkanes) is 1. The first kappa shape index (κ1) is 31.2. The molecule has 0 saturated heterocycles. The molecule has 6 rings (SSSR count). The summed E-state index contributed by atoms with van der Waals surface area (Å²) in [6.45, 7) is 7.74. The zero-order chi connectivity index (χ0) is 32.4. The molecule has 12 heteroatoms. The van der Waals surface area contributed by atoms with Gasteiger partial charge in [0, 0.05) is 48.2 Å². The smallest absolute Gasteiger partial charge is 0.328 e. The molecule has 0 saturated carbocycles. The predicted molar refractivity (Wildman–Crippen MR) is 180 cm³/mol. The zero-order valence-corrected chi connectivity index (χ0v) is 27.3. The maximum atomic E-state index is 13.2. The van der Waals surface area contributed by atoms with Gasteiger partial charge in [-0.1, -0.05) is 51.1 Å². The first-order chi connectivity index (χ1) is 22.2. The molecule has 0 aliphatic carbocycles. The Morgan fingerprint density at radius 3 is 2.37 bits per heavy atom. The van der Waals surface area contributed by atoms with Gasteiger partial charge in [0.15, 0.2) is 11.5 Å². The molecule has 0 spiro atoms. The van der Waals surface area contributed by atoms with E-state index in [1.807, 2.05) is 36.9 Å². The van der Waals surface area contributed by atoms with Crippen molar-refractivity contribution in [3.05, 3.63) is 88.1 Å². The number of fused-ring (bicyclic) bond motifs is 3. The molecule has 3 aromatic heterocycles. The second kappa shape index (κ2) is 13.3. The number of carbonyl (C=O) groups is 1. The molecule has 4 heterocycles. The number of amides is 1. The molecule has 0 atom stereocenters. The molecule has 46 heavy (non-hydrogen) atoms. The van der Waals surface area contributed by atoms with Gasteiger partial charge in [0.2, 0.25) is 5.91 Å². The number of nitrogens with two attached hydrogens (primary N) is 1. The summed E-state index contributed by atoms with van der Waals surface area (Å²) < 4.78 is 7.26. The van der Waals surface area contributed by atoms with Crippen LogP contribution in [0, 0.1) is 5.92 Å². The quantitative estimate of drug-likeness (QED) is 0.174. The van der Waals surface area contributed by atoms with Gasteiger partial charge in [-0.25, -0.2) is 4.79 Å². The molecule has 1 aliphatic rings. The van der Waals surface area contributed by atoms with Crippen molar-refractivity contribution < 1.29 is 9.53 Å². The Labute approximate surface area is 271 Å². The predicted octanol–water partition coefficient (Wildman–Crippen LogP) is 5.74. The summed E-state index contributed by atoms with van der Waals surface area (Å²) in [7, 11) is 2.05. The van der Waals surface area contributed by atoms with E-state index in [2.05, 4.69) is 69.1 Å². The lowest BCUT2D eigenvalue weighted by Crippen LogP contribution is -2.33. The first-order valence-electron chi connectivity index (χ1n) is 15.5. The van der Waals surface area contributed by atoms with Crippen molar-refractivity contribution in [1.29, 1.82) is 0 Å². The van der Waals surface area contributed by atoms with Crippen molar-refractivity contribution in [3.63, 3.8) is 0 Å². The Morgan fingerprint density at radius 1 is 1.00 bits per heavy atom. The van der Waals surface area contributed by atoms with Gasteiger partial charge in [-0.3, -0.25) is 14.3 Å². The van der Waals surface area contributed by atoms with Gasteiger partial charge in [0.05, 0.1) is 24.5 Å². The van der Waals surface area contributed by atoms with Crippen LogP contribution in [0.3, 0.4) is 0 Å². The van der Waals surface area contributed by atoms with Gasteiger partial charge in [0.25, 0.3) is 0 Å². The number of hydrogen-bond acceptors (Lipinski definition) is 9. The summed E-state index contributed by atoms with van der Waals surface area (Å²) in [6.07, 6.45) is 5.35. The Bertz CT molecular complexity index is 1940. The van der Waals surface area contributed by atoms with Crippen LogP contribution in [0.2, 0.25) is 0 Å². The average Bonchev–Trinajstić information content (AvgIpc) is 3.35. The largest absolute Gasteiger partial charge is 0.463 e. The van der Waals surface area contributed by atoms with Gasteiger partial charge in [-0.2, -0.15) is 9.97 Å². The Balaban J connectivity index is 1.25. The molecule has 238 valence electrons. The maximum absolute atomic E-state index is 13.2. The first-order valence-corrected chi connectivity index (χ1v) is 16.3. The van der Waals surface area contributed by atoms with E-state index in [0.717, 1.165) is 50.7 Å². The summed E-state index contributed by atoms with van der Waals surface area (Å²) in [5, 5.41) is 0. The lowest BCUT2D eigenvalue weighted by atomic mass is 10.1. The van der Waals surface area contributed by atoms with E-state index in [0.29, 0.717) is 37.4 Å². The van der Waals surface area contributed by atoms with Crippen LogP contribution in [-0.2, 0) is 24.4 Å². The van der Waals surface area contributed by atoms with Gasteiger partial charge in [-0.15, -0.1) is 0 Å². The molecule has 0 bridgehead atoms. The van der Waals surface area contributed by atoms with Crippen LogP contribution in [-0.4, -0.2) is 49.0 Å². The number of nitrogen functional groups attached to an aromatic ring is 1. The minimum absolute atomic E-state index is 0.105. The Kier molecular flexibility index (Phi) is 8.98. The molecule has 1 amide bonds. The van der Waals surface area contributed by atoms with E-state index < -0.39 is 0 Å². The molecule has 2 aromatic carbocycles. The SMILES string of the molecule is CCCCOc1nc(N)c2[nH]c(=O)n(Cc3ccc4c(c3)Sc3cc(CN(Cc5ccncc5)C(=O)C(C)C)ccc3N4C)c2n1. The number of carbonyl (C=O) groups excluding carboxylic acids is 1. The molecule has 0 radical (unpaired) electrons. The van der Waals surface area contributed by atoms with E-state index in [4.69, 9.17) is 10.5 Å². The second-order valence-corrected chi connectivity index (χ2v) is 12.9. The number of pyridine rings is 1. The summed E-state index contributed by atoms with van der Waals surface area (Å²) in [4.78, 5) is 48.1. The van der Waals surface area contributed by atoms with Gasteiger partial charge in [0.1, 0.15) is 5.52 Å². The van der Waals surface area contributed by atoms with Crippen LogP contribution < -0.4 is 21.1 Å². The van der Waals surface area contributed by atoms with E-state index in [9.17, 15) is 9.59 Å². The third-order valence-corrected chi connectivity index (χ3v) is 9.09. The summed E-state index contributed by atoms with van der Waals surface area (Å²) in [5.41, 5.74) is 11.9. The molecular weight excluding hydrogens is 600 g/mol. The van der Waals surface area contributed by atoms with E-state index >= 15 is 0 Å². The molecule has 5 aromatic rings. The van der Waals surface area contributed by atoms with Crippen molar-refractivity contribution in [1.82, 2.24) is 29.4 Å². The van der Waals surface area contributed by atoms with E-state index in [1.54, 1.807) is 28.7 Å². The molecule has 0 fully saturated rings. The Morgan fingerprint density at radius 2 is 1.67 bits per heavy atom. The summed E-state index contributed by atoms with van der Waals surface area (Å²) in [6, 6.07) is 16.7. The fourth-order valence-corrected chi connectivity index (χ4v) is 6.79. The number of aromatic nitrogens is 5. The third kappa shape index (κ3) is 6.43. The fraction of sp³-hybridized carbons (Fsp3) is 0.324. The highest BCUT2D eigenvalue weighted by Gasteiger charge is 2.24. The minimum Gasteiger partial charge on any atom is -0.463 e. The number of rotatable bonds is 11. The Hall–Kier alpha value is -4.84. The number of nitrogens with one attached hydrogen (secondary N) is 1. The lowest BCUT2D eigenvalue weighted by Gasteiger charge is -2.31. The highest BCUT2D eigenvalue weighted by atomic mass is 32.2. The monoisotopic (exact) mass is 638 g/mol. The molecule has 11 nitrogen and oxygen atoms in total. The van der Waals surface area contributed by atoms with Crippen LogP contribution in [0.4, 0.5) is 17.2 Å². The number of H-pyrrole nitrogens is 1. The number of hydrogen-bond donors (Lipinski definition) is 2. The molecule has 3 N–H and O–H groups in total. The van der Waals surface area contributed by atoms with Crippen molar-refractivity contribution in [3.8, 4) is 6.01 Å². The topological polar surface area (TPSA) is 135 Å². The summed E-state index contributed by atoms with van der Waals surface area (Å²) in [5.74, 6) is 0.170. The van der Waals surface area contributed by atoms with E-state index in [-0.39, 0.29) is 29.3 Å². The van der Waals surface area contributed by atoms with Crippen molar-refractivity contribution >= 4 is 46.0 Å². The second-order valence-electron chi connectivity index (χ2n) is 11.8. The normalized spacial score (nSPS) is 12.3. The van der Waals surface area contributed by atoms with Crippen LogP contribution in [0.15, 0.2) is 75.5 Å². The third-order valence-electron chi connectivity index (χ3n) is 7.99. The molecule has 1 aliphatic heterocycles. The highest BCUT2D eigenvalue weighted by molar-refractivity contribution is 7.99. The van der Waals surface area contributed by atoms with Gasteiger partial charge in [-0.05, 0) is 59.5 Å². The van der Waals surface area contributed by atoms with E-state index in [1.165, 1.54) is 0 Å². The number of ether oxygens (including phenoxy) is 1. The lowest BCUT2D eigenvalue weighted by molar-refractivity contribution is -0.135. The molecule has 0 unspecified atom stereocenters. The summed E-state index contributed by atoms with van der Waals surface area (Å²) >= 11 is 1.68. The van der Waals surface area contributed by atoms with Gasteiger partial charge >= 0.3 is 11.7 Å². The standard InChI is InChI=1S/C34H38N8O3S/c1-5-6-15-45-33-38-30(35)29-31(39-33)42(34(44)37-29)20-24-8-10-26-28(17-24)46-27-16-23(7-9-25(27)40(26)4)19-41(32(43)21(2)3)18-22-11-13-36-14-12-22/h7-14,16-17,21H,5-6,15,18-20H2,1-4H3,(H,37,44)(H2,35,38,39). The van der Waals surface area contributed by atoms with Crippen molar-refractivity contribution in [2.45, 2.75) is 63.0 Å². The van der Waals surface area contributed by atoms with Crippen molar-refractivity contribution in [2.24, 2.45) is 5.92 Å². The number of anilines is 3. The van der Waals surface area contributed by atoms with Crippen LogP contribution in [0.25, 0.3) is 11.2 Å². The minimum atomic E-state index is -0.313. The average molecular weight is 639 g/mol. The van der Waals surface area contributed by atoms with Crippen LogP contribution in [0.5, 0.6) is 6.01 Å². The number of aromatic amines is 1. The van der Waals surface area contributed by atoms with Crippen molar-refractivity contribution in [2.75, 3.05) is 24.3 Å². The number of imidazole rings is 1. The van der Waals surface area contributed by atoms with Gasteiger partial charge < -0.3 is 25.3 Å². The highest BCUT2D eigenvalue weighted by Crippen LogP contribution is 2.48. The van der Waals surface area contributed by atoms with Crippen LogP contribution in [0.1, 0.15) is 50.3 Å². The number of nitrogens with zero attached hydrogens (tertiary/aromatic N) is 6. The number of benzene rings is 2. The zero-order valence-electron chi connectivity index (χ0n) is 26.5.